The summed E-state index contributed by atoms with van der Waals surface area (Å²) in [5.41, 5.74) is 11.3. The average Bonchev–Trinajstić information content (AvgIpc) is 2.83. The molecule has 0 unspecified atom stereocenters. The Hall–Kier alpha value is -1.40. The van der Waals surface area contributed by atoms with E-state index in [-0.39, 0.29) is 0 Å². The molecular weight excluding hydrogens is 384 g/mol. The number of nitrogens with zero attached hydrogens (tertiary/aromatic N) is 3. The van der Waals surface area contributed by atoms with E-state index in [0.29, 0.717) is 5.69 Å². The Morgan fingerprint density at radius 2 is 1.80 bits per heavy atom. The molecule has 0 amide bonds. The van der Waals surface area contributed by atoms with Crippen LogP contribution in [0.25, 0.3) is 16.7 Å². The molecule has 0 aliphatic carbocycles. The maximum atomic E-state index is 5.88. The Labute approximate surface area is 133 Å². The summed E-state index contributed by atoms with van der Waals surface area (Å²) >= 11 is 7.00. The van der Waals surface area contributed by atoms with Gasteiger partial charge >= 0.3 is 0 Å². The van der Waals surface area contributed by atoms with Crippen molar-refractivity contribution >= 4 is 48.6 Å². The molecule has 2 aromatic carbocycles. The second-order valence-corrected chi connectivity index (χ2v) is 6.36. The van der Waals surface area contributed by atoms with Crippen molar-refractivity contribution in [2.75, 3.05) is 5.73 Å². The number of hydrogen-bond donors (Lipinski definition) is 1. The third-order valence-corrected chi connectivity index (χ3v) is 4.90. The number of halogens is 2. The zero-order valence-electron chi connectivity index (χ0n) is 11.0. The van der Waals surface area contributed by atoms with Crippen LogP contribution in [-0.4, -0.2) is 15.0 Å². The number of fused-ring (bicyclic) bond motifs is 1. The van der Waals surface area contributed by atoms with Crippen LogP contribution in [-0.2, 0) is 0 Å². The quantitative estimate of drug-likeness (QED) is 0.629. The van der Waals surface area contributed by atoms with Gasteiger partial charge in [0.2, 0.25) is 0 Å². The van der Waals surface area contributed by atoms with Crippen molar-refractivity contribution < 1.29 is 0 Å². The van der Waals surface area contributed by atoms with Gasteiger partial charge in [-0.1, -0.05) is 15.9 Å². The number of hydrogen-bond acceptors (Lipinski definition) is 3. The van der Waals surface area contributed by atoms with Crippen molar-refractivity contribution in [3.63, 3.8) is 0 Å². The minimum absolute atomic E-state index is 0.660. The summed E-state index contributed by atoms with van der Waals surface area (Å²) < 4.78 is 1.87. The second-order valence-electron chi connectivity index (χ2n) is 4.71. The van der Waals surface area contributed by atoms with Gasteiger partial charge < -0.3 is 5.73 Å². The van der Waals surface area contributed by atoms with Gasteiger partial charge in [-0.3, -0.25) is 0 Å². The summed E-state index contributed by atoms with van der Waals surface area (Å²) in [4.78, 5) is 1.66. The van der Waals surface area contributed by atoms with Crippen LogP contribution in [0.2, 0.25) is 0 Å². The molecule has 0 fully saturated rings. The van der Waals surface area contributed by atoms with Crippen LogP contribution in [0.5, 0.6) is 0 Å². The molecule has 0 saturated heterocycles. The van der Waals surface area contributed by atoms with Crippen LogP contribution in [0.1, 0.15) is 11.1 Å². The maximum absolute atomic E-state index is 5.88. The standard InChI is InChI=1S/C14H12Br2N4/c1-7-6-12(8(2)5-9(7)15)20-18-11-4-3-10(17)13(16)14(11)19-20/h3-6H,17H2,1-2H3. The molecule has 6 heteroatoms. The van der Waals surface area contributed by atoms with E-state index < -0.39 is 0 Å². The largest absolute Gasteiger partial charge is 0.398 e. The van der Waals surface area contributed by atoms with E-state index in [4.69, 9.17) is 5.73 Å². The van der Waals surface area contributed by atoms with Gasteiger partial charge in [-0.25, -0.2) is 0 Å². The lowest BCUT2D eigenvalue weighted by molar-refractivity contribution is 0.759. The fourth-order valence-corrected chi connectivity index (χ4v) is 2.93. The minimum Gasteiger partial charge on any atom is -0.398 e. The Kier molecular flexibility index (Phi) is 3.30. The molecule has 4 nitrogen and oxygen atoms in total. The Morgan fingerprint density at radius 1 is 1.05 bits per heavy atom. The van der Waals surface area contributed by atoms with E-state index in [9.17, 15) is 0 Å². The van der Waals surface area contributed by atoms with E-state index in [1.807, 2.05) is 26.0 Å². The number of aryl methyl sites for hydroxylation is 2. The number of nitrogens with two attached hydrogens (primary N) is 1. The zero-order valence-corrected chi connectivity index (χ0v) is 14.2. The molecule has 0 aliphatic heterocycles. The smallest absolute Gasteiger partial charge is 0.129 e. The summed E-state index contributed by atoms with van der Waals surface area (Å²) in [6.45, 7) is 4.08. The molecule has 2 N–H and O–H groups in total. The topological polar surface area (TPSA) is 56.7 Å². The number of aromatic nitrogens is 3. The molecular formula is C14H12Br2N4. The molecule has 0 spiro atoms. The number of benzene rings is 2. The molecule has 1 aromatic heterocycles. The van der Waals surface area contributed by atoms with Crippen LogP contribution < -0.4 is 5.73 Å². The van der Waals surface area contributed by atoms with E-state index in [1.165, 1.54) is 0 Å². The van der Waals surface area contributed by atoms with Crippen molar-refractivity contribution in [2.24, 2.45) is 0 Å². The predicted octanol–water partition coefficient (Wildman–Crippen LogP) is 4.14. The van der Waals surface area contributed by atoms with Crippen LogP contribution >= 0.6 is 31.9 Å². The van der Waals surface area contributed by atoms with E-state index in [1.54, 1.807) is 4.80 Å². The molecule has 3 rings (SSSR count). The van der Waals surface area contributed by atoms with E-state index in [2.05, 4.69) is 54.2 Å². The molecule has 20 heavy (non-hydrogen) atoms. The van der Waals surface area contributed by atoms with Gasteiger partial charge in [0, 0.05) is 10.2 Å². The minimum atomic E-state index is 0.660. The third kappa shape index (κ3) is 2.13. The fourth-order valence-electron chi connectivity index (χ4n) is 2.05. The van der Waals surface area contributed by atoms with Crippen molar-refractivity contribution in [3.8, 4) is 5.69 Å². The first-order valence-corrected chi connectivity index (χ1v) is 7.64. The van der Waals surface area contributed by atoms with Gasteiger partial charge in [-0.2, -0.15) is 4.80 Å². The van der Waals surface area contributed by atoms with Gasteiger partial charge in [0.25, 0.3) is 0 Å². The van der Waals surface area contributed by atoms with Crippen molar-refractivity contribution in [1.82, 2.24) is 15.0 Å². The van der Waals surface area contributed by atoms with Crippen molar-refractivity contribution in [3.05, 3.63) is 44.3 Å². The van der Waals surface area contributed by atoms with Gasteiger partial charge in [0.1, 0.15) is 11.0 Å². The highest BCUT2D eigenvalue weighted by Gasteiger charge is 2.12. The molecule has 0 bridgehead atoms. The average molecular weight is 396 g/mol. The SMILES string of the molecule is Cc1cc(-n2nc3ccc(N)c(Br)c3n2)c(C)cc1Br. The predicted molar refractivity (Wildman–Crippen MR) is 88.2 cm³/mol. The van der Waals surface area contributed by atoms with Crippen molar-refractivity contribution in [2.45, 2.75) is 13.8 Å². The highest BCUT2D eigenvalue weighted by Crippen LogP contribution is 2.29. The fraction of sp³-hybridized carbons (Fsp3) is 0.143. The lowest BCUT2D eigenvalue weighted by Gasteiger charge is -2.07. The first-order chi connectivity index (χ1) is 9.47. The van der Waals surface area contributed by atoms with Gasteiger partial charge in [-0.15, -0.1) is 10.2 Å². The summed E-state index contributed by atoms with van der Waals surface area (Å²) in [6, 6.07) is 7.84. The van der Waals surface area contributed by atoms with Gasteiger partial charge in [0.05, 0.1) is 10.2 Å². The molecule has 102 valence electrons. The number of anilines is 1. The first kappa shape index (κ1) is 13.6. The molecule has 0 aliphatic rings. The van der Waals surface area contributed by atoms with Gasteiger partial charge in [-0.05, 0) is 65.2 Å². The summed E-state index contributed by atoms with van der Waals surface area (Å²) in [5, 5.41) is 9.06. The first-order valence-electron chi connectivity index (χ1n) is 6.05. The summed E-state index contributed by atoms with van der Waals surface area (Å²) in [6.07, 6.45) is 0. The van der Waals surface area contributed by atoms with Crippen LogP contribution in [0, 0.1) is 13.8 Å². The molecule has 0 atom stereocenters. The van der Waals surface area contributed by atoms with E-state index in [0.717, 1.165) is 36.8 Å². The Balaban J connectivity index is 2.25. The highest BCUT2D eigenvalue weighted by molar-refractivity contribution is 9.11. The number of rotatable bonds is 1. The summed E-state index contributed by atoms with van der Waals surface area (Å²) in [7, 11) is 0. The number of nitrogen functional groups attached to an aromatic ring is 1. The normalized spacial score (nSPS) is 11.2. The van der Waals surface area contributed by atoms with Crippen LogP contribution in [0.3, 0.4) is 0 Å². The molecule has 3 aromatic rings. The molecule has 0 radical (unpaired) electrons. The summed E-state index contributed by atoms with van der Waals surface area (Å²) in [5.74, 6) is 0. The Morgan fingerprint density at radius 3 is 2.55 bits per heavy atom. The van der Waals surface area contributed by atoms with Crippen LogP contribution in [0.4, 0.5) is 5.69 Å². The van der Waals surface area contributed by atoms with Crippen molar-refractivity contribution in [1.29, 1.82) is 0 Å². The zero-order chi connectivity index (χ0) is 14.4. The lowest BCUT2D eigenvalue weighted by atomic mass is 10.1. The third-order valence-electron chi connectivity index (χ3n) is 3.21. The lowest BCUT2D eigenvalue weighted by Crippen LogP contribution is -2.02. The van der Waals surface area contributed by atoms with Crippen LogP contribution in [0.15, 0.2) is 33.2 Å². The van der Waals surface area contributed by atoms with E-state index >= 15 is 0 Å². The molecule has 0 saturated carbocycles. The molecule has 1 heterocycles. The highest BCUT2D eigenvalue weighted by atomic mass is 79.9. The Bertz CT molecular complexity index is 824. The monoisotopic (exact) mass is 394 g/mol. The maximum Gasteiger partial charge on any atom is 0.129 e. The van der Waals surface area contributed by atoms with Gasteiger partial charge in [0.15, 0.2) is 0 Å². The second kappa shape index (κ2) is 4.86.